The van der Waals surface area contributed by atoms with Crippen LogP contribution in [0.2, 0.25) is 0 Å². The first-order valence-electron chi connectivity index (χ1n) is 5.95. The van der Waals surface area contributed by atoms with Crippen molar-refractivity contribution in [3.05, 3.63) is 0 Å². The van der Waals surface area contributed by atoms with Crippen molar-refractivity contribution in [1.29, 1.82) is 0 Å². The molecule has 0 aliphatic carbocycles. The summed E-state index contributed by atoms with van der Waals surface area (Å²) in [6.45, 7) is 6.17. The van der Waals surface area contributed by atoms with Gasteiger partial charge in [0.25, 0.3) is 0 Å². The van der Waals surface area contributed by atoms with Crippen molar-refractivity contribution >= 4 is 0 Å². The molecular weight excluding hydrogens is 235 g/mol. The molecule has 0 aliphatic rings. The van der Waals surface area contributed by atoms with Crippen molar-refractivity contribution in [2.45, 2.75) is 39.7 Å². The van der Waals surface area contributed by atoms with Crippen molar-refractivity contribution in [2.75, 3.05) is 32.8 Å². The summed E-state index contributed by atoms with van der Waals surface area (Å²) in [5.74, 6) is 0. The molecule has 0 atom stereocenters. The standard InChI is InChI=1S/C11H22F3NO2/c1-4-15(9-11(12,13)14)8-7-10(16-5-2)17-6-3/h10H,4-9H2,1-3H3. The van der Waals surface area contributed by atoms with Gasteiger partial charge in [-0.25, -0.2) is 0 Å². The largest absolute Gasteiger partial charge is 0.401 e. The van der Waals surface area contributed by atoms with Crippen LogP contribution in [0, 0.1) is 0 Å². The van der Waals surface area contributed by atoms with Crippen molar-refractivity contribution in [1.82, 2.24) is 4.90 Å². The van der Waals surface area contributed by atoms with Crippen molar-refractivity contribution in [2.24, 2.45) is 0 Å². The van der Waals surface area contributed by atoms with Gasteiger partial charge in [0, 0.05) is 26.2 Å². The van der Waals surface area contributed by atoms with Gasteiger partial charge in [0.2, 0.25) is 0 Å². The molecule has 0 unspecified atom stereocenters. The lowest BCUT2D eigenvalue weighted by Crippen LogP contribution is -2.36. The minimum absolute atomic E-state index is 0.320. The second-order valence-electron chi connectivity index (χ2n) is 3.61. The second-order valence-corrected chi connectivity index (χ2v) is 3.61. The van der Waals surface area contributed by atoms with Crippen LogP contribution in [0.4, 0.5) is 13.2 Å². The molecule has 0 aromatic rings. The van der Waals surface area contributed by atoms with E-state index in [1.807, 2.05) is 13.8 Å². The van der Waals surface area contributed by atoms with E-state index in [2.05, 4.69) is 0 Å². The highest BCUT2D eigenvalue weighted by atomic mass is 19.4. The Bertz CT molecular complexity index is 182. The van der Waals surface area contributed by atoms with Gasteiger partial charge >= 0.3 is 6.18 Å². The van der Waals surface area contributed by atoms with Crippen LogP contribution in [0.25, 0.3) is 0 Å². The minimum atomic E-state index is -4.15. The van der Waals surface area contributed by atoms with E-state index < -0.39 is 19.0 Å². The Kier molecular flexibility index (Phi) is 8.55. The molecule has 3 nitrogen and oxygen atoms in total. The number of nitrogens with zero attached hydrogens (tertiary/aromatic N) is 1. The number of alkyl halides is 3. The van der Waals surface area contributed by atoms with Crippen LogP contribution in [0.3, 0.4) is 0 Å². The first kappa shape index (κ1) is 16.7. The summed E-state index contributed by atoms with van der Waals surface area (Å²) >= 11 is 0. The molecule has 0 aromatic heterocycles. The molecule has 0 heterocycles. The summed E-state index contributed by atoms with van der Waals surface area (Å²) in [4.78, 5) is 1.34. The van der Waals surface area contributed by atoms with Crippen LogP contribution in [-0.2, 0) is 9.47 Å². The number of hydrogen-bond donors (Lipinski definition) is 0. The Balaban J connectivity index is 4.01. The summed E-state index contributed by atoms with van der Waals surface area (Å²) < 4.78 is 47.2. The molecule has 0 aromatic carbocycles. The number of halogens is 3. The van der Waals surface area contributed by atoms with E-state index in [4.69, 9.17) is 9.47 Å². The molecule has 0 saturated heterocycles. The molecule has 0 rings (SSSR count). The van der Waals surface area contributed by atoms with Gasteiger partial charge in [0.1, 0.15) is 0 Å². The topological polar surface area (TPSA) is 21.7 Å². The molecule has 0 aliphatic heterocycles. The summed E-state index contributed by atoms with van der Waals surface area (Å²) in [6.07, 6.45) is -4.11. The highest BCUT2D eigenvalue weighted by Gasteiger charge is 2.30. The normalized spacial score (nSPS) is 12.7. The van der Waals surface area contributed by atoms with E-state index in [0.717, 1.165) is 0 Å². The zero-order chi connectivity index (χ0) is 13.3. The molecule has 0 spiro atoms. The number of rotatable bonds is 9. The van der Waals surface area contributed by atoms with Crippen LogP contribution >= 0.6 is 0 Å². The minimum Gasteiger partial charge on any atom is -0.353 e. The lowest BCUT2D eigenvalue weighted by Gasteiger charge is -2.24. The van der Waals surface area contributed by atoms with Crippen molar-refractivity contribution < 1.29 is 22.6 Å². The number of hydrogen-bond acceptors (Lipinski definition) is 3. The Morgan fingerprint density at radius 2 is 1.59 bits per heavy atom. The van der Waals surface area contributed by atoms with Gasteiger partial charge in [-0.15, -0.1) is 0 Å². The third kappa shape index (κ3) is 9.38. The van der Waals surface area contributed by atoms with E-state index in [1.54, 1.807) is 6.92 Å². The summed E-state index contributed by atoms with van der Waals surface area (Å²) in [5.41, 5.74) is 0. The van der Waals surface area contributed by atoms with E-state index in [0.29, 0.717) is 32.7 Å². The fraction of sp³-hybridized carbons (Fsp3) is 1.00. The van der Waals surface area contributed by atoms with Crippen LogP contribution in [0.15, 0.2) is 0 Å². The average Bonchev–Trinajstić information content (AvgIpc) is 2.23. The predicted octanol–water partition coefficient (Wildman–Crippen LogP) is 2.66. The van der Waals surface area contributed by atoms with Crippen LogP contribution < -0.4 is 0 Å². The average molecular weight is 257 g/mol. The third-order valence-corrected chi connectivity index (χ3v) is 2.24. The van der Waals surface area contributed by atoms with Gasteiger partial charge in [0.15, 0.2) is 6.29 Å². The highest BCUT2D eigenvalue weighted by Crippen LogP contribution is 2.16. The van der Waals surface area contributed by atoms with E-state index in [-0.39, 0.29) is 0 Å². The molecule has 17 heavy (non-hydrogen) atoms. The third-order valence-electron chi connectivity index (χ3n) is 2.24. The molecule has 0 saturated carbocycles. The lowest BCUT2D eigenvalue weighted by atomic mass is 10.3. The van der Waals surface area contributed by atoms with Crippen LogP contribution in [0.1, 0.15) is 27.2 Å². The quantitative estimate of drug-likeness (QED) is 0.593. The fourth-order valence-electron chi connectivity index (χ4n) is 1.48. The van der Waals surface area contributed by atoms with E-state index in [1.165, 1.54) is 4.90 Å². The van der Waals surface area contributed by atoms with Gasteiger partial charge in [0.05, 0.1) is 6.54 Å². The smallest absolute Gasteiger partial charge is 0.353 e. The highest BCUT2D eigenvalue weighted by molar-refractivity contribution is 4.62. The lowest BCUT2D eigenvalue weighted by molar-refractivity contribution is -0.158. The van der Waals surface area contributed by atoms with Gasteiger partial charge in [-0.3, -0.25) is 4.90 Å². The molecule has 6 heteroatoms. The molecule has 0 bridgehead atoms. The van der Waals surface area contributed by atoms with Gasteiger partial charge in [-0.2, -0.15) is 13.2 Å². The summed E-state index contributed by atoms with van der Waals surface area (Å²) in [6, 6.07) is 0. The monoisotopic (exact) mass is 257 g/mol. The predicted molar refractivity (Wildman–Crippen MR) is 59.8 cm³/mol. The fourth-order valence-corrected chi connectivity index (χ4v) is 1.48. The van der Waals surface area contributed by atoms with Crippen LogP contribution in [0.5, 0.6) is 0 Å². The summed E-state index contributed by atoms with van der Waals surface area (Å²) in [7, 11) is 0. The van der Waals surface area contributed by atoms with E-state index in [9.17, 15) is 13.2 Å². The molecular formula is C11H22F3NO2. The van der Waals surface area contributed by atoms with Crippen molar-refractivity contribution in [3.8, 4) is 0 Å². The zero-order valence-electron chi connectivity index (χ0n) is 10.7. The maximum atomic E-state index is 12.2. The number of ether oxygens (including phenoxy) is 2. The first-order chi connectivity index (χ1) is 7.92. The zero-order valence-corrected chi connectivity index (χ0v) is 10.7. The van der Waals surface area contributed by atoms with Gasteiger partial charge < -0.3 is 9.47 Å². The molecule has 0 radical (unpaired) electrons. The Morgan fingerprint density at radius 3 is 1.94 bits per heavy atom. The first-order valence-corrected chi connectivity index (χ1v) is 5.95. The van der Waals surface area contributed by atoms with Gasteiger partial charge in [-0.05, 0) is 20.4 Å². The van der Waals surface area contributed by atoms with Gasteiger partial charge in [-0.1, -0.05) is 6.92 Å². The Labute approximate surface area is 101 Å². The van der Waals surface area contributed by atoms with Crippen molar-refractivity contribution in [3.63, 3.8) is 0 Å². The van der Waals surface area contributed by atoms with Crippen LogP contribution in [-0.4, -0.2) is 50.2 Å². The SMILES string of the molecule is CCOC(CCN(CC)CC(F)(F)F)OCC. The Morgan fingerprint density at radius 1 is 1.06 bits per heavy atom. The molecule has 104 valence electrons. The maximum absolute atomic E-state index is 12.2. The second kappa shape index (κ2) is 8.72. The maximum Gasteiger partial charge on any atom is 0.401 e. The molecule has 0 amide bonds. The Hall–Kier alpha value is -0.330. The summed E-state index contributed by atoms with van der Waals surface area (Å²) in [5, 5.41) is 0. The molecule has 0 N–H and O–H groups in total. The molecule has 0 fully saturated rings. The van der Waals surface area contributed by atoms with E-state index >= 15 is 0 Å².